The van der Waals surface area contributed by atoms with E-state index in [0.29, 0.717) is 17.4 Å². The number of unbranched alkanes of at least 4 members (excludes halogenated alkanes) is 20. The number of likely N-dealkylation sites (N-methyl/N-ethyl adjacent to an activating group) is 1. The molecule has 0 bridgehead atoms. The average Bonchev–Trinajstić information content (AvgIpc) is 2.90. The van der Waals surface area contributed by atoms with Crippen LogP contribution in [0.25, 0.3) is 0 Å². The molecule has 0 spiro atoms. The van der Waals surface area contributed by atoms with E-state index in [4.69, 9.17) is 13.8 Å². The highest BCUT2D eigenvalue weighted by molar-refractivity contribution is 7.47. The van der Waals surface area contributed by atoms with E-state index in [9.17, 15) is 19.4 Å². The second kappa shape index (κ2) is 27.1. The standard InChI is InChI=1S/C32H66NO7P/c1-5-6-7-8-9-10-11-12-13-14-15-16-17-18-19-20-21-22-23-24-25-26-32(35)38-29-31(34)30-40-41(36,37)39-28-27-33(2,3)4/h31,34H,5-30H2,1-4H3/p+1/t31-/m0/s1. The SMILES string of the molecule is CCCCCCCCCCCCCCCCCCCCCCCC(=O)OC[C@H](O)COP(=O)(O)OCC[N+](C)(C)C. The van der Waals surface area contributed by atoms with E-state index in [1.165, 1.54) is 116 Å². The summed E-state index contributed by atoms with van der Waals surface area (Å²) in [5.41, 5.74) is 0. The molecule has 0 aliphatic heterocycles. The second-order valence-corrected chi connectivity index (χ2v) is 14.2. The Morgan fingerprint density at radius 3 is 1.44 bits per heavy atom. The van der Waals surface area contributed by atoms with Gasteiger partial charge >= 0.3 is 13.8 Å². The first-order chi connectivity index (χ1) is 19.6. The number of carbonyl (C=O) groups is 1. The Hall–Kier alpha value is -0.500. The van der Waals surface area contributed by atoms with Crippen molar-refractivity contribution in [3.63, 3.8) is 0 Å². The molecule has 0 amide bonds. The summed E-state index contributed by atoms with van der Waals surface area (Å²) in [7, 11) is 1.57. The van der Waals surface area contributed by atoms with Gasteiger partial charge in [-0.1, -0.05) is 135 Å². The van der Waals surface area contributed by atoms with Crippen molar-refractivity contribution in [1.82, 2.24) is 0 Å². The van der Waals surface area contributed by atoms with Gasteiger partial charge in [0.05, 0.1) is 27.7 Å². The van der Waals surface area contributed by atoms with Crippen LogP contribution in [0.3, 0.4) is 0 Å². The van der Waals surface area contributed by atoms with Gasteiger partial charge in [0.15, 0.2) is 0 Å². The van der Waals surface area contributed by atoms with E-state index < -0.39 is 20.5 Å². The van der Waals surface area contributed by atoms with Gasteiger partial charge in [0.2, 0.25) is 0 Å². The summed E-state index contributed by atoms with van der Waals surface area (Å²) < 4.78 is 27.1. The number of hydrogen-bond acceptors (Lipinski definition) is 6. The Bertz CT molecular complexity index is 642. The van der Waals surface area contributed by atoms with E-state index in [-0.39, 0.29) is 19.2 Å². The summed E-state index contributed by atoms with van der Waals surface area (Å²) in [5, 5.41) is 9.87. The fourth-order valence-electron chi connectivity index (χ4n) is 4.66. The molecule has 0 heterocycles. The van der Waals surface area contributed by atoms with Crippen LogP contribution in [-0.4, -0.2) is 74.1 Å². The normalized spacial score (nSPS) is 14.2. The van der Waals surface area contributed by atoms with Gasteiger partial charge in [0.25, 0.3) is 0 Å². The van der Waals surface area contributed by atoms with Crippen molar-refractivity contribution in [3.8, 4) is 0 Å². The molecular formula is C32H67NO7P+. The number of hydrogen-bond donors (Lipinski definition) is 2. The summed E-state index contributed by atoms with van der Waals surface area (Å²) in [4.78, 5) is 21.5. The first-order valence-corrected chi connectivity index (χ1v) is 18.3. The van der Waals surface area contributed by atoms with Gasteiger partial charge in [-0.2, -0.15) is 0 Å². The molecule has 0 fully saturated rings. The third-order valence-corrected chi connectivity index (χ3v) is 8.35. The van der Waals surface area contributed by atoms with Gasteiger partial charge < -0.3 is 19.2 Å². The van der Waals surface area contributed by atoms with Gasteiger partial charge in [-0.25, -0.2) is 4.57 Å². The van der Waals surface area contributed by atoms with Crippen LogP contribution in [0.4, 0.5) is 0 Å². The van der Waals surface area contributed by atoms with E-state index in [2.05, 4.69) is 6.92 Å². The molecule has 0 saturated carbocycles. The predicted molar refractivity (Wildman–Crippen MR) is 169 cm³/mol. The zero-order valence-electron chi connectivity index (χ0n) is 27.3. The Kier molecular flexibility index (Phi) is 26.7. The summed E-state index contributed by atoms with van der Waals surface area (Å²) >= 11 is 0. The highest BCUT2D eigenvalue weighted by atomic mass is 31.2. The molecule has 0 aromatic carbocycles. The molecule has 0 aliphatic carbocycles. The first kappa shape index (κ1) is 40.5. The van der Waals surface area contributed by atoms with Crippen LogP contribution >= 0.6 is 7.82 Å². The number of quaternary nitrogens is 1. The predicted octanol–water partition coefficient (Wildman–Crippen LogP) is 8.33. The van der Waals surface area contributed by atoms with Crippen molar-refractivity contribution in [2.45, 2.75) is 154 Å². The molecule has 0 rings (SSSR count). The maximum absolute atomic E-state index is 11.9. The summed E-state index contributed by atoms with van der Waals surface area (Å²) in [5.74, 6) is -0.367. The summed E-state index contributed by atoms with van der Waals surface area (Å²) in [6.45, 7) is 2.16. The van der Waals surface area contributed by atoms with Crippen molar-refractivity contribution >= 4 is 13.8 Å². The van der Waals surface area contributed by atoms with Gasteiger partial charge in [0, 0.05) is 6.42 Å². The molecule has 41 heavy (non-hydrogen) atoms. The molecule has 0 aliphatic rings. The topological polar surface area (TPSA) is 102 Å². The number of aliphatic hydroxyl groups is 1. The molecular weight excluding hydrogens is 541 g/mol. The van der Waals surface area contributed by atoms with Crippen LogP contribution in [0, 0.1) is 0 Å². The minimum atomic E-state index is -4.24. The minimum absolute atomic E-state index is 0.0574. The highest BCUT2D eigenvalue weighted by Gasteiger charge is 2.24. The van der Waals surface area contributed by atoms with Crippen LogP contribution in [0.2, 0.25) is 0 Å². The monoisotopic (exact) mass is 608 g/mol. The highest BCUT2D eigenvalue weighted by Crippen LogP contribution is 2.43. The third kappa shape index (κ3) is 32.3. The molecule has 8 nitrogen and oxygen atoms in total. The number of phosphoric acid groups is 1. The fraction of sp³-hybridized carbons (Fsp3) is 0.969. The zero-order valence-corrected chi connectivity index (χ0v) is 28.2. The lowest BCUT2D eigenvalue weighted by Crippen LogP contribution is -2.37. The van der Waals surface area contributed by atoms with E-state index in [1.807, 2.05) is 21.1 Å². The molecule has 0 saturated heterocycles. The van der Waals surface area contributed by atoms with Crippen molar-refractivity contribution in [1.29, 1.82) is 0 Å². The largest absolute Gasteiger partial charge is 0.472 e. The van der Waals surface area contributed by atoms with Gasteiger partial charge in [0.1, 0.15) is 25.9 Å². The lowest BCUT2D eigenvalue weighted by Gasteiger charge is -2.24. The molecule has 2 N–H and O–H groups in total. The molecule has 0 aromatic rings. The zero-order chi connectivity index (χ0) is 30.7. The molecule has 246 valence electrons. The maximum atomic E-state index is 11.9. The van der Waals surface area contributed by atoms with E-state index in [0.717, 1.165) is 19.3 Å². The number of phosphoric ester groups is 1. The Morgan fingerprint density at radius 1 is 0.659 bits per heavy atom. The summed E-state index contributed by atoms with van der Waals surface area (Å²) in [6.07, 6.45) is 26.9. The fourth-order valence-corrected chi connectivity index (χ4v) is 5.41. The number of carbonyl (C=O) groups excluding carboxylic acids is 1. The lowest BCUT2D eigenvalue weighted by molar-refractivity contribution is -0.870. The molecule has 0 radical (unpaired) electrons. The third-order valence-electron chi connectivity index (χ3n) is 7.37. The van der Waals surface area contributed by atoms with Gasteiger partial charge in [-0.3, -0.25) is 13.8 Å². The molecule has 1 unspecified atom stereocenters. The van der Waals surface area contributed by atoms with Gasteiger partial charge in [-0.05, 0) is 6.42 Å². The first-order valence-electron chi connectivity index (χ1n) is 16.8. The smallest absolute Gasteiger partial charge is 0.463 e. The quantitative estimate of drug-likeness (QED) is 0.0353. The van der Waals surface area contributed by atoms with Crippen LogP contribution < -0.4 is 0 Å². The number of rotatable bonds is 31. The molecule has 9 heteroatoms. The minimum Gasteiger partial charge on any atom is -0.463 e. The lowest BCUT2D eigenvalue weighted by atomic mass is 10.0. The van der Waals surface area contributed by atoms with Crippen LogP contribution in [0.1, 0.15) is 148 Å². The Morgan fingerprint density at radius 2 is 1.05 bits per heavy atom. The number of esters is 1. The maximum Gasteiger partial charge on any atom is 0.472 e. The second-order valence-electron chi connectivity index (χ2n) is 12.8. The summed E-state index contributed by atoms with van der Waals surface area (Å²) in [6, 6.07) is 0. The van der Waals surface area contributed by atoms with Crippen LogP contribution in [0.5, 0.6) is 0 Å². The number of aliphatic hydroxyl groups excluding tert-OH is 1. The van der Waals surface area contributed by atoms with Crippen molar-refractivity contribution in [2.75, 3.05) is 47.5 Å². The number of ether oxygens (including phenoxy) is 1. The average molecular weight is 609 g/mol. The van der Waals surface area contributed by atoms with Crippen LogP contribution in [0.15, 0.2) is 0 Å². The number of nitrogens with zero attached hydrogens (tertiary/aromatic N) is 1. The Labute approximate surface area is 253 Å². The molecule has 2 atom stereocenters. The van der Waals surface area contributed by atoms with Crippen molar-refractivity contribution in [2.24, 2.45) is 0 Å². The van der Waals surface area contributed by atoms with E-state index >= 15 is 0 Å². The van der Waals surface area contributed by atoms with Gasteiger partial charge in [-0.15, -0.1) is 0 Å². The van der Waals surface area contributed by atoms with E-state index in [1.54, 1.807) is 0 Å². The van der Waals surface area contributed by atoms with Crippen LogP contribution in [-0.2, 0) is 23.1 Å². The molecule has 0 aromatic heterocycles. The Balaban J connectivity index is 3.41. The van der Waals surface area contributed by atoms with Crippen molar-refractivity contribution < 1.29 is 37.6 Å². The van der Waals surface area contributed by atoms with Crippen molar-refractivity contribution in [3.05, 3.63) is 0 Å².